The fourth-order valence-corrected chi connectivity index (χ4v) is 1.99. The van der Waals surface area contributed by atoms with E-state index in [2.05, 4.69) is 11.2 Å². The molecule has 0 aliphatic rings. The van der Waals surface area contributed by atoms with E-state index < -0.39 is 0 Å². The Morgan fingerprint density at radius 2 is 2.15 bits per heavy atom. The Bertz CT molecular complexity index is 677. The average Bonchev–Trinajstić information content (AvgIpc) is 2.81. The van der Waals surface area contributed by atoms with Gasteiger partial charge in [0.2, 0.25) is 0 Å². The monoisotopic (exact) mass is 267 g/mol. The molecule has 0 saturated heterocycles. The SMILES string of the molecule is C#Cc1cccc(NC(=O)c2cc(N)cn2C(C)C)c1. The Balaban J connectivity index is 2.26. The van der Waals surface area contributed by atoms with E-state index in [-0.39, 0.29) is 11.9 Å². The van der Waals surface area contributed by atoms with Crippen LogP contribution in [0.25, 0.3) is 0 Å². The molecule has 2 aromatic rings. The first kappa shape index (κ1) is 13.8. The molecule has 0 unspecified atom stereocenters. The highest BCUT2D eigenvalue weighted by atomic mass is 16.1. The zero-order valence-corrected chi connectivity index (χ0v) is 11.6. The molecule has 1 aromatic heterocycles. The number of terminal acetylenes is 1. The van der Waals surface area contributed by atoms with Crippen molar-refractivity contribution < 1.29 is 4.79 Å². The molecule has 2 rings (SSSR count). The lowest BCUT2D eigenvalue weighted by Crippen LogP contribution is -2.17. The van der Waals surface area contributed by atoms with Crippen molar-refractivity contribution in [3.05, 3.63) is 47.8 Å². The van der Waals surface area contributed by atoms with Gasteiger partial charge in [0.15, 0.2) is 0 Å². The number of aromatic nitrogens is 1. The van der Waals surface area contributed by atoms with E-state index in [9.17, 15) is 4.79 Å². The van der Waals surface area contributed by atoms with E-state index >= 15 is 0 Å². The van der Waals surface area contributed by atoms with E-state index in [1.54, 1.807) is 30.5 Å². The molecule has 0 aliphatic carbocycles. The second kappa shape index (κ2) is 5.54. The van der Waals surface area contributed by atoms with Gasteiger partial charge in [-0.15, -0.1) is 6.42 Å². The van der Waals surface area contributed by atoms with Crippen molar-refractivity contribution in [2.24, 2.45) is 0 Å². The molecule has 0 atom stereocenters. The number of carbonyl (C=O) groups excluding carboxylic acids is 1. The number of amides is 1. The molecule has 102 valence electrons. The van der Waals surface area contributed by atoms with E-state index in [1.165, 1.54) is 0 Å². The van der Waals surface area contributed by atoms with Crippen LogP contribution < -0.4 is 11.1 Å². The molecule has 0 spiro atoms. The van der Waals surface area contributed by atoms with Crippen LogP contribution in [0.3, 0.4) is 0 Å². The Morgan fingerprint density at radius 1 is 1.40 bits per heavy atom. The van der Waals surface area contributed by atoms with Crippen molar-refractivity contribution in [3.8, 4) is 12.3 Å². The first-order valence-electron chi connectivity index (χ1n) is 6.36. The van der Waals surface area contributed by atoms with Crippen LogP contribution in [0.1, 0.15) is 35.9 Å². The Morgan fingerprint density at radius 3 is 2.80 bits per heavy atom. The number of hydrogen-bond acceptors (Lipinski definition) is 2. The quantitative estimate of drug-likeness (QED) is 0.840. The van der Waals surface area contributed by atoms with Gasteiger partial charge < -0.3 is 15.6 Å². The molecule has 0 radical (unpaired) electrons. The summed E-state index contributed by atoms with van der Waals surface area (Å²) in [6, 6.07) is 8.99. The lowest BCUT2D eigenvalue weighted by Gasteiger charge is -2.12. The Hall–Kier alpha value is -2.67. The fourth-order valence-electron chi connectivity index (χ4n) is 1.99. The van der Waals surface area contributed by atoms with Gasteiger partial charge in [-0.1, -0.05) is 12.0 Å². The summed E-state index contributed by atoms with van der Waals surface area (Å²) in [6.45, 7) is 3.99. The highest BCUT2D eigenvalue weighted by molar-refractivity contribution is 6.04. The summed E-state index contributed by atoms with van der Waals surface area (Å²) in [7, 11) is 0. The van der Waals surface area contributed by atoms with E-state index in [1.807, 2.05) is 24.5 Å². The lowest BCUT2D eigenvalue weighted by atomic mass is 10.2. The number of nitrogens with two attached hydrogens (primary N) is 1. The standard InChI is InChI=1S/C16H17N3O/c1-4-12-6-5-7-14(8-12)18-16(20)15-9-13(17)10-19(15)11(2)3/h1,5-11H,17H2,2-3H3,(H,18,20). The molecule has 1 amide bonds. The minimum atomic E-state index is -0.204. The van der Waals surface area contributed by atoms with Crippen molar-refractivity contribution in [2.75, 3.05) is 11.1 Å². The third-order valence-corrected chi connectivity index (χ3v) is 2.95. The highest BCUT2D eigenvalue weighted by Crippen LogP contribution is 2.18. The van der Waals surface area contributed by atoms with Crippen LogP contribution in [0.15, 0.2) is 36.5 Å². The zero-order valence-electron chi connectivity index (χ0n) is 11.6. The van der Waals surface area contributed by atoms with Gasteiger partial charge in [-0.3, -0.25) is 4.79 Å². The van der Waals surface area contributed by atoms with Crippen LogP contribution >= 0.6 is 0 Å². The van der Waals surface area contributed by atoms with Crippen LogP contribution in [-0.4, -0.2) is 10.5 Å². The Kier molecular flexibility index (Phi) is 3.81. The molecule has 1 aromatic carbocycles. The van der Waals surface area contributed by atoms with Crippen LogP contribution in [0.5, 0.6) is 0 Å². The number of hydrogen-bond donors (Lipinski definition) is 2. The normalized spacial score (nSPS) is 10.3. The number of benzene rings is 1. The largest absolute Gasteiger partial charge is 0.397 e. The number of rotatable bonds is 3. The number of carbonyl (C=O) groups is 1. The summed E-state index contributed by atoms with van der Waals surface area (Å²) in [5, 5.41) is 2.83. The maximum absolute atomic E-state index is 12.3. The van der Waals surface area contributed by atoms with Crippen LogP contribution in [0.2, 0.25) is 0 Å². The summed E-state index contributed by atoms with van der Waals surface area (Å²) in [4.78, 5) is 12.3. The van der Waals surface area contributed by atoms with Gasteiger partial charge in [0.1, 0.15) is 5.69 Å². The number of nitrogens with zero attached hydrogens (tertiary/aromatic N) is 1. The number of anilines is 2. The number of nitrogens with one attached hydrogen (secondary N) is 1. The predicted octanol–water partition coefficient (Wildman–Crippen LogP) is 2.88. The minimum Gasteiger partial charge on any atom is -0.397 e. The maximum atomic E-state index is 12.3. The fraction of sp³-hybridized carbons (Fsp3) is 0.188. The smallest absolute Gasteiger partial charge is 0.272 e. The van der Waals surface area contributed by atoms with Crippen molar-refractivity contribution >= 4 is 17.3 Å². The molecule has 1 heterocycles. The molecule has 0 fully saturated rings. The number of nitrogen functional groups attached to an aromatic ring is 1. The van der Waals surface area contributed by atoms with Crippen LogP contribution in [-0.2, 0) is 0 Å². The van der Waals surface area contributed by atoms with Crippen molar-refractivity contribution in [1.29, 1.82) is 0 Å². The van der Waals surface area contributed by atoms with Gasteiger partial charge in [0, 0.05) is 23.5 Å². The second-order valence-corrected chi connectivity index (χ2v) is 4.84. The van der Waals surface area contributed by atoms with E-state index in [4.69, 9.17) is 12.2 Å². The van der Waals surface area contributed by atoms with Gasteiger partial charge >= 0.3 is 0 Å². The third kappa shape index (κ3) is 2.83. The van der Waals surface area contributed by atoms with E-state index in [0.29, 0.717) is 17.1 Å². The molecule has 4 nitrogen and oxygen atoms in total. The summed E-state index contributed by atoms with van der Waals surface area (Å²) in [6.07, 6.45) is 7.11. The maximum Gasteiger partial charge on any atom is 0.272 e. The molecule has 4 heteroatoms. The van der Waals surface area contributed by atoms with Gasteiger partial charge in [0.05, 0.1) is 5.69 Å². The highest BCUT2D eigenvalue weighted by Gasteiger charge is 2.15. The molecule has 0 aliphatic heterocycles. The second-order valence-electron chi connectivity index (χ2n) is 4.84. The van der Waals surface area contributed by atoms with Gasteiger partial charge in [-0.25, -0.2) is 0 Å². The van der Waals surface area contributed by atoms with Crippen molar-refractivity contribution in [1.82, 2.24) is 4.57 Å². The lowest BCUT2D eigenvalue weighted by molar-refractivity contribution is 0.101. The van der Waals surface area contributed by atoms with Crippen molar-refractivity contribution in [2.45, 2.75) is 19.9 Å². The summed E-state index contributed by atoms with van der Waals surface area (Å²) < 4.78 is 1.84. The summed E-state index contributed by atoms with van der Waals surface area (Å²) in [5.74, 6) is 2.33. The average molecular weight is 267 g/mol. The molecular weight excluding hydrogens is 250 g/mol. The minimum absolute atomic E-state index is 0.157. The predicted molar refractivity (Wildman–Crippen MR) is 81.6 cm³/mol. The molecule has 0 bridgehead atoms. The van der Waals surface area contributed by atoms with E-state index in [0.717, 1.165) is 5.56 Å². The molecule has 3 N–H and O–H groups in total. The molecular formula is C16H17N3O. The van der Waals surface area contributed by atoms with Crippen molar-refractivity contribution in [3.63, 3.8) is 0 Å². The van der Waals surface area contributed by atoms with Gasteiger partial charge in [-0.05, 0) is 38.1 Å². The Labute approximate surface area is 118 Å². The van der Waals surface area contributed by atoms with Crippen LogP contribution in [0.4, 0.5) is 11.4 Å². The first-order chi connectivity index (χ1) is 9.51. The molecule has 20 heavy (non-hydrogen) atoms. The summed E-state index contributed by atoms with van der Waals surface area (Å²) in [5.41, 5.74) is 8.26. The van der Waals surface area contributed by atoms with Gasteiger partial charge in [-0.2, -0.15) is 0 Å². The summed E-state index contributed by atoms with van der Waals surface area (Å²) >= 11 is 0. The first-order valence-corrected chi connectivity index (χ1v) is 6.36. The van der Waals surface area contributed by atoms with Crippen LogP contribution in [0, 0.1) is 12.3 Å². The topological polar surface area (TPSA) is 60.1 Å². The molecule has 0 saturated carbocycles. The zero-order chi connectivity index (χ0) is 14.7. The third-order valence-electron chi connectivity index (χ3n) is 2.95. The van der Waals surface area contributed by atoms with Gasteiger partial charge in [0.25, 0.3) is 5.91 Å².